The van der Waals surface area contributed by atoms with Crippen molar-refractivity contribution in [1.82, 2.24) is 0 Å². The molecule has 0 amide bonds. The van der Waals surface area contributed by atoms with E-state index in [0.717, 1.165) is 186 Å². The van der Waals surface area contributed by atoms with Crippen molar-refractivity contribution in [2.75, 3.05) is 39.6 Å². The summed E-state index contributed by atoms with van der Waals surface area (Å²) in [7, 11) is -10.0. The summed E-state index contributed by atoms with van der Waals surface area (Å²) in [4.78, 5) is 73.3. The highest BCUT2D eigenvalue weighted by molar-refractivity contribution is 7.47. The van der Waals surface area contributed by atoms with E-state index in [2.05, 4.69) is 210 Å². The minimum absolute atomic E-state index is 0.00458. The third-order valence-electron chi connectivity index (χ3n) is 16.7. The fourth-order valence-corrected chi connectivity index (χ4v) is 12.0. The number of rotatable bonds is 77. The smallest absolute Gasteiger partial charge is 0.462 e. The highest BCUT2D eigenvalue weighted by atomic mass is 31.2. The lowest BCUT2D eigenvalue weighted by atomic mass is 10.1. The molecular formula is C93H148O17P2. The molecule has 5 atom stereocenters. The van der Waals surface area contributed by atoms with Crippen molar-refractivity contribution in [3.05, 3.63) is 207 Å². The quantitative estimate of drug-likeness (QED) is 0.0169. The second kappa shape index (κ2) is 82.6. The van der Waals surface area contributed by atoms with Gasteiger partial charge in [0.1, 0.15) is 19.3 Å². The summed E-state index contributed by atoms with van der Waals surface area (Å²) in [6, 6.07) is 0. The van der Waals surface area contributed by atoms with Crippen molar-refractivity contribution in [3.8, 4) is 0 Å². The summed E-state index contributed by atoms with van der Waals surface area (Å²) in [5, 5.41) is 10.7. The van der Waals surface area contributed by atoms with E-state index in [0.29, 0.717) is 38.5 Å². The molecule has 0 fully saturated rings. The number of unbranched alkanes of at least 4 members (excludes halogenated alkanes) is 17. The monoisotopic (exact) mass is 1600 g/mol. The highest BCUT2D eigenvalue weighted by Gasteiger charge is 2.30. The van der Waals surface area contributed by atoms with Gasteiger partial charge in [-0.1, -0.05) is 298 Å². The average Bonchev–Trinajstić information content (AvgIpc) is 0.898. The van der Waals surface area contributed by atoms with Crippen molar-refractivity contribution in [2.45, 2.75) is 316 Å². The number of phosphoric ester groups is 2. The van der Waals surface area contributed by atoms with Gasteiger partial charge in [0.05, 0.1) is 26.4 Å². The lowest BCUT2D eigenvalue weighted by molar-refractivity contribution is -0.161. The Morgan fingerprint density at radius 1 is 0.259 bits per heavy atom. The third-order valence-corrected chi connectivity index (χ3v) is 18.6. The van der Waals surface area contributed by atoms with Crippen LogP contribution >= 0.6 is 15.6 Å². The van der Waals surface area contributed by atoms with E-state index < -0.39 is 97.5 Å². The van der Waals surface area contributed by atoms with E-state index in [-0.39, 0.29) is 25.7 Å². The van der Waals surface area contributed by atoms with Crippen LogP contribution < -0.4 is 0 Å². The number of carbonyl (C=O) groups excluding carboxylic acids is 4. The van der Waals surface area contributed by atoms with Gasteiger partial charge in [-0.15, -0.1) is 0 Å². The molecule has 0 saturated carbocycles. The predicted octanol–water partition coefficient (Wildman–Crippen LogP) is 25.4. The number of hydrogen-bond acceptors (Lipinski definition) is 15. The maximum atomic E-state index is 13.2. The number of allylic oxidation sites excluding steroid dienone is 34. The van der Waals surface area contributed by atoms with Crippen LogP contribution in [0.1, 0.15) is 297 Å². The molecule has 5 unspecified atom stereocenters. The minimum atomic E-state index is -5.02. The van der Waals surface area contributed by atoms with Gasteiger partial charge in [-0.3, -0.25) is 37.3 Å². The van der Waals surface area contributed by atoms with Crippen molar-refractivity contribution < 1.29 is 80.2 Å². The number of aliphatic hydroxyl groups is 1. The Bertz CT molecular complexity index is 2940. The second-order valence-electron chi connectivity index (χ2n) is 27.3. The zero-order valence-corrected chi connectivity index (χ0v) is 71.0. The molecule has 19 heteroatoms. The Morgan fingerprint density at radius 3 is 0.759 bits per heavy atom. The number of aliphatic hydroxyl groups excluding tert-OH is 1. The summed E-state index contributed by atoms with van der Waals surface area (Å²) in [5.41, 5.74) is 0. The van der Waals surface area contributed by atoms with E-state index in [4.69, 9.17) is 37.0 Å². The molecule has 0 heterocycles. The summed E-state index contributed by atoms with van der Waals surface area (Å²) < 4.78 is 68.7. The standard InChI is InChI=1S/C93H148O17P2/c1-5-9-13-17-21-25-29-33-37-41-43-47-50-54-58-62-66-70-74-78-91(96)104-84-89(110-93(98)80-76-72-68-64-60-56-52-48-44-42-38-34-30-26-22-18-14-10-6-2)86-108-112(101,102)106-82-87(94)81-105-111(99,100)107-85-88(109-92(97)79-75-71-67-63-59-55-51-46-40-36-32-28-24-20-16-12-8-4)83-103-90(95)77-73-69-65-61-57-53-49-45-39-35-31-27-23-19-15-11-7-3/h9,11-13,15-16,21-28,33-40,43-44,47-49,51,53,55,61,63,65,67,87-89,94H,5-8,10,14,17-20,29-32,41-42,45-46,50,52,54,56-60,62,64,66,68-86H2,1-4H3,(H,99,100)(H,101,102)/b13-9-,15-11-,16-12-,25-21-,26-22-,27-23-,28-24-,37-33-,38-34-,39-35-,40-36-,47-43-,48-44-,53-49-,55-51-,65-61-,67-63-. The lowest BCUT2D eigenvalue weighted by Gasteiger charge is -2.21. The Hall–Kier alpha value is -6.36. The molecule has 632 valence electrons. The Morgan fingerprint density at radius 2 is 0.473 bits per heavy atom. The summed E-state index contributed by atoms with van der Waals surface area (Å²) in [6.45, 7) is 4.33. The largest absolute Gasteiger partial charge is 0.472 e. The molecule has 0 aromatic carbocycles. The molecule has 0 aliphatic carbocycles. The van der Waals surface area contributed by atoms with Crippen LogP contribution in [-0.4, -0.2) is 96.7 Å². The molecule has 0 aliphatic heterocycles. The minimum Gasteiger partial charge on any atom is -0.462 e. The molecule has 0 saturated heterocycles. The van der Waals surface area contributed by atoms with Crippen molar-refractivity contribution in [3.63, 3.8) is 0 Å². The number of phosphoric acid groups is 2. The molecule has 0 aromatic heterocycles. The maximum Gasteiger partial charge on any atom is 0.472 e. The topological polar surface area (TPSA) is 237 Å². The van der Waals surface area contributed by atoms with Gasteiger partial charge in [-0.25, -0.2) is 9.13 Å². The number of ether oxygens (including phenoxy) is 4. The second-order valence-corrected chi connectivity index (χ2v) is 30.2. The van der Waals surface area contributed by atoms with Crippen molar-refractivity contribution >= 4 is 39.5 Å². The van der Waals surface area contributed by atoms with E-state index in [9.17, 15) is 43.2 Å². The van der Waals surface area contributed by atoms with Gasteiger partial charge < -0.3 is 33.8 Å². The average molecular weight is 1600 g/mol. The molecule has 0 aromatic rings. The summed E-state index contributed by atoms with van der Waals surface area (Å²) in [6.07, 6.45) is 104. The van der Waals surface area contributed by atoms with E-state index >= 15 is 0 Å². The fourth-order valence-electron chi connectivity index (χ4n) is 10.4. The number of hydrogen-bond donors (Lipinski definition) is 3. The molecule has 0 spiro atoms. The Kier molecular flexibility index (Phi) is 77.9. The van der Waals surface area contributed by atoms with Gasteiger partial charge in [-0.05, 0) is 180 Å². The van der Waals surface area contributed by atoms with Crippen LogP contribution in [0, 0.1) is 0 Å². The number of carbonyl (C=O) groups is 4. The molecule has 0 radical (unpaired) electrons. The Balaban J connectivity index is 5.53. The first-order valence-electron chi connectivity index (χ1n) is 42.3. The van der Waals surface area contributed by atoms with Crippen LogP contribution in [0.15, 0.2) is 207 Å². The van der Waals surface area contributed by atoms with Gasteiger partial charge in [0, 0.05) is 25.7 Å². The van der Waals surface area contributed by atoms with Crippen LogP contribution in [0.3, 0.4) is 0 Å². The third kappa shape index (κ3) is 81.6. The first-order valence-corrected chi connectivity index (χ1v) is 45.3. The highest BCUT2D eigenvalue weighted by Crippen LogP contribution is 2.45. The molecule has 0 rings (SSSR count). The van der Waals surface area contributed by atoms with E-state index in [1.54, 1.807) is 0 Å². The van der Waals surface area contributed by atoms with Gasteiger partial charge in [0.15, 0.2) is 12.2 Å². The molecule has 112 heavy (non-hydrogen) atoms. The maximum absolute atomic E-state index is 13.2. The zero-order valence-electron chi connectivity index (χ0n) is 69.3. The zero-order chi connectivity index (χ0) is 81.7. The lowest BCUT2D eigenvalue weighted by Crippen LogP contribution is -2.30. The van der Waals surface area contributed by atoms with E-state index in [1.165, 1.54) is 19.3 Å². The van der Waals surface area contributed by atoms with Crippen molar-refractivity contribution in [1.29, 1.82) is 0 Å². The fraction of sp³-hybridized carbons (Fsp3) is 0.591. The predicted molar refractivity (Wildman–Crippen MR) is 463 cm³/mol. The molecular weight excluding hydrogens is 1450 g/mol. The Labute approximate surface area is 678 Å². The molecule has 0 bridgehead atoms. The van der Waals surface area contributed by atoms with Gasteiger partial charge >= 0.3 is 39.5 Å². The van der Waals surface area contributed by atoms with Gasteiger partial charge in [0.25, 0.3) is 0 Å². The summed E-state index contributed by atoms with van der Waals surface area (Å²) >= 11 is 0. The first kappa shape index (κ1) is 106. The van der Waals surface area contributed by atoms with Crippen LogP contribution in [0.5, 0.6) is 0 Å². The normalized spacial score (nSPS) is 14.8. The van der Waals surface area contributed by atoms with Crippen LogP contribution in [0.4, 0.5) is 0 Å². The number of esters is 4. The molecule has 17 nitrogen and oxygen atoms in total. The molecule has 0 aliphatic rings. The SMILES string of the molecule is CC/C=C\C/C=C\C/C=C\C/C=C\C/C=C\CCCC(=O)OCC(COP(=O)(O)OCC(O)COP(=O)(O)OCC(COC(=O)CCCCCCCC/C=C\C/C=C\C/C=C\C/C=C\CC)OC(=O)CCCCCCCC/C=C\C/C=C\C/C=C\CCCCC)OC(=O)CCC/C=C\C/C=C\C/C=C\C/C=C\C/C=C\CC. The van der Waals surface area contributed by atoms with Crippen LogP contribution in [-0.2, 0) is 65.4 Å². The van der Waals surface area contributed by atoms with E-state index in [1.807, 2.05) is 24.3 Å². The van der Waals surface area contributed by atoms with Gasteiger partial charge in [-0.2, -0.15) is 0 Å². The van der Waals surface area contributed by atoms with Crippen LogP contribution in [0.2, 0.25) is 0 Å². The van der Waals surface area contributed by atoms with Crippen LogP contribution in [0.25, 0.3) is 0 Å². The van der Waals surface area contributed by atoms with Crippen molar-refractivity contribution in [2.24, 2.45) is 0 Å². The molecule has 3 N–H and O–H groups in total. The summed E-state index contributed by atoms with van der Waals surface area (Å²) in [5.74, 6) is -2.36. The van der Waals surface area contributed by atoms with Gasteiger partial charge in [0.2, 0.25) is 0 Å². The first-order chi connectivity index (χ1) is 54.7.